The Bertz CT molecular complexity index is 1010. The first-order valence-corrected chi connectivity index (χ1v) is 12.2. The van der Waals surface area contributed by atoms with Crippen LogP contribution in [0.4, 0.5) is 0 Å². The van der Waals surface area contributed by atoms with Crippen molar-refractivity contribution in [2.75, 3.05) is 6.54 Å². The molecule has 0 heterocycles. The highest BCUT2D eigenvalue weighted by Crippen LogP contribution is 2.35. The lowest BCUT2D eigenvalue weighted by molar-refractivity contribution is 0.300. The van der Waals surface area contributed by atoms with E-state index in [1.807, 2.05) is 6.07 Å². The van der Waals surface area contributed by atoms with Crippen molar-refractivity contribution in [2.45, 2.75) is 60.1 Å². The van der Waals surface area contributed by atoms with Crippen molar-refractivity contribution < 1.29 is 4.74 Å². The van der Waals surface area contributed by atoms with E-state index in [1.165, 1.54) is 38.4 Å². The molecule has 3 aromatic carbocycles. The van der Waals surface area contributed by atoms with Crippen molar-refractivity contribution in [3.8, 4) is 5.75 Å². The lowest BCUT2D eigenvalue weighted by Gasteiger charge is -2.26. The summed E-state index contributed by atoms with van der Waals surface area (Å²) >= 11 is 0. The first-order valence-electron chi connectivity index (χ1n) is 11.2. The average molecular weight is 434 g/mol. The van der Waals surface area contributed by atoms with Crippen LogP contribution in [0.5, 0.6) is 5.75 Å². The maximum absolute atomic E-state index is 6.56. The molecule has 0 bridgehead atoms. The molecule has 1 atom stereocenters. The summed E-state index contributed by atoms with van der Waals surface area (Å²) in [7, 11) is 0.559. The minimum absolute atomic E-state index is 0.00952. The SMILES string of the molecule is CCNCc1cccc(C)c1Pc1cc(C)cc(C(C)(C)C)c1OCc1ccccc1. The number of benzene rings is 3. The van der Waals surface area contributed by atoms with E-state index in [4.69, 9.17) is 4.74 Å². The molecular weight excluding hydrogens is 397 g/mol. The zero-order chi connectivity index (χ0) is 22.4. The van der Waals surface area contributed by atoms with Gasteiger partial charge in [0.1, 0.15) is 12.4 Å². The van der Waals surface area contributed by atoms with Crippen molar-refractivity contribution in [3.63, 3.8) is 0 Å². The predicted octanol–water partition coefficient (Wildman–Crippen LogP) is 5.92. The summed E-state index contributed by atoms with van der Waals surface area (Å²) in [6.45, 7) is 15.9. The van der Waals surface area contributed by atoms with Crippen LogP contribution in [0.25, 0.3) is 0 Å². The van der Waals surface area contributed by atoms with E-state index in [1.54, 1.807) is 0 Å². The largest absolute Gasteiger partial charge is 0.488 e. The molecule has 0 fully saturated rings. The highest BCUT2D eigenvalue weighted by molar-refractivity contribution is 7.56. The van der Waals surface area contributed by atoms with E-state index < -0.39 is 0 Å². The number of ether oxygens (including phenoxy) is 1. The third-order valence-electron chi connectivity index (χ3n) is 5.45. The van der Waals surface area contributed by atoms with Crippen LogP contribution in [-0.4, -0.2) is 6.54 Å². The minimum atomic E-state index is 0.00952. The number of hydrogen-bond acceptors (Lipinski definition) is 2. The molecule has 1 unspecified atom stereocenters. The summed E-state index contributed by atoms with van der Waals surface area (Å²) in [5, 5.41) is 6.23. The van der Waals surface area contributed by atoms with Crippen LogP contribution in [0.3, 0.4) is 0 Å². The summed E-state index contributed by atoms with van der Waals surface area (Å²) in [6, 6.07) is 21.7. The van der Waals surface area contributed by atoms with Gasteiger partial charge in [-0.05, 0) is 59.4 Å². The van der Waals surface area contributed by atoms with Crippen LogP contribution in [0.15, 0.2) is 60.7 Å². The number of hydrogen-bond donors (Lipinski definition) is 1. The molecule has 0 spiro atoms. The van der Waals surface area contributed by atoms with E-state index in [0.29, 0.717) is 15.2 Å². The normalized spacial score (nSPS) is 11.9. The molecule has 0 aliphatic rings. The van der Waals surface area contributed by atoms with Crippen LogP contribution in [0.1, 0.15) is 55.5 Å². The Balaban J connectivity index is 2.04. The van der Waals surface area contributed by atoms with Gasteiger partial charge in [-0.25, -0.2) is 0 Å². The fourth-order valence-electron chi connectivity index (χ4n) is 3.76. The quantitative estimate of drug-likeness (QED) is 0.445. The molecule has 0 aromatic heterocycles. The fraction of sp³-hybridized carbons (Fsp3) is 0.357. The van der Waals surface area contributed by atoms with Crippen LogP contribution in [0.2, 0.25) is 0 Å². The van der Waals surface area contributed by atoms with Gasteiger partial charge >= 0.3 is 0 Å². The van der Waals surface area contributed by atoms with Crippen molar-refractivity contribution >= 4 is 19.2 Å². The predicted molar refractivity (Wildman–Crippen MR) is 137 cm³/mol. The van der Waals surface area contributed by atoms with Crippen LogP contribution in [-0.2, 0) is 18.6 Å². The summed E-state index contributed by atoms with van der Waals surface area (Å²) in [4.78, 5) is 0. The van der Waals surface area contributed by atoms with Gasteiger partial charge in [0.15, 0.2) is 0 Å². The second-order valence-electron chi connectivity index (χ2n) is 9.23. The number of nitrogens with one attached hydrogen (secondary N) is 1. The third kappa shape index (κ3) is 6.19. The zero-order valence-electron chi connectivity index (χ0n) is 19.8. The number of rotatable bonds is 8. The Hall–Kier alpha value is -2.15. The van der Waals surface area contributed by atoms with E-state index in [0.717, 1.165) is 18.8 Å². The van der Waals surface area contributed by atoms with Crippen molar-refractivity contribution in [2.24, 2.45) is 0 Å². The van der Waals surface area contributed by atoms with Crippen molar-refractivity contribution in [1.82, 2.24) is 5.32 Å². The minimum Gasteiger partial charge on any atom is -0.488 e. The van der Waals surface area contributed by atoms with Crippen LogP contribution >= 0.6 is 8.58 Å². The monoisotopic (exact) mass is 433 g/mol. The van der Waals surface area contributed by atoms with E-state index in [-0.39, 0.29) is 5.41 Å². The molecule has 3 aromatic rings. The standard InChI is InChI=1S/C28H36NOP/c1-7-29-18-23-15-11-12-21(3)27(23)31-25-17-20(2)16-24(28(4,5)6)26(25)30-19-22-13-9-8-10-14-22/h8-17,29,31H,7,18-19H2,1-6H3. The van der Waals surface area contributed by atoms with Gasteiger partial charge in [-0.15, -0.1) is 0 Å². The molecule has 0 radical (unpaired) electrons. The van der Waals surface area contributed by atoms with Gasteiger partial charge in [-0.3, -0.25) is 0 Å². The summed E-state index contributed by atoms with van der Waals surface area (Å²) in [5.41, 5.74) is 6.51. The van der Waals surface area contributed by atoms with E-state index in [9.17, 15) is 0 Å². The first kappa shape index (κ1) is 23.5. The number of aryl methyl sites for hydroxylation is 2. The Labute approximate surface area is 190 Å². The zero-order valence-corrected chi connectivity index (χ0v) is 20.8. The maximum atomic E-state index is 6.56. The van der Waals surface area contributed by atoms with Crippen LogP contribution in [0, 0.1) is 13.8 Å². The Morgan fingerprint density at radius 3 is 2.35 bits per heavy atom. The van der Waals surface area contributed by atoms with Gasteiger partial charge in [0.2, 0.25) is 0 Å². The van der Waals surface area contributed by atoms with Crippen LogP contribution < -0.4 is 20.7 Å². The molecule has 0 aliphatic heterocycles. The van der Waals surface area contributed by atoms with E-state index in [2.05, 4.69) is 101 Å². The second kappa shape index (κ2) is 10.4. The van der Waals surface area contributed by atoms with Crippen molar-refractivity contribution in [1.29, 1.82) is 0 Å². The molecule has 0 amide bonds. The summed E-state index contributed by atoms with van der Waals surface area (Å²) < 4.78 is 6.56. The molecule has 2 nitrogen and oxygen atoms in total. The average Bonchev–Trinajstić information content (AvgIpc) is 2.73. The Morgan fingerprint density at radius 1 is 0.935 bits per heavy atom. The lowest BCUT2D eigenvalue weighted by atomic mass is 9.85. The van der Waals surface area contributed by atoms with Gasteiger partial charge in [-0.1, -0.05) is 90.9 Å². The van der Waals surface area contributed by atoms with Crippen molar-refractivity contribution in [3.05, 3.63) is 88.5 Å². The van der Waals surface area contributed by atoms with Gasteiger partial charge in [0, 0.05) is 17.4 Å². The van der Waals surface area contributed by atoms with Gasteiger partial charge in [-0.2, -0.15) is 0 Å². The van der Waals surface area contributed by atoms with Gasteiger partial charge in [0.25, 0.3) is 0 Å². The van der Waals surface area contributed by atoms with Gasteiger partial charge < -0.3 is 10.1 Å². The Morgan fingerprint density at radius 2 is 1.68 bits per heavy atom. The first-order chi connectivity index (χ1) is 14.8. The highest BCUT2D eigenvalue weighted by atomic mass is 31.1. The third-order valence-corrected chi connectivity index (χ3v) is 7.06. The molecule has 0 aliphatic carbocycles. The summed E-state index contributed by atoms with van der Waals surface area (Å²) in [5.74, 6) is 1.05. The second-order valence-corrected chi connectivity index (χ2v) is 10.5. The Kier molecular flexibility index (Phi) is 7.92. The summed E-state index contributed by atoms with van der Waals surface area (Å²) in [6.07, 6.45) is 0. The van der Waals surface area contributed by atoms with Gasteiger partial charge in [0.05, 0.1) is 0 Å². The molecule has 164 valence electrons. The molecule has 3 rings (SSSR count). The molecule has 31 heavy (non-hydrogen) atoms. The fourth-order valence-corrected chi connectivity index (χ4v) is 5.26. The molecule has 3 heteroatoms. The molecule has 1 N–H and O–H groups in total. The highest BCUT2D eigenvalue weighted by Gasteiger charge is 2.23. The topological polar surface area (TPSA) is 21.3 Å². The molecule has 0 saturated heterocycles. The maximum Gasteiger partial charge on any atom is 0.131 e. The lowest BCUT2D eigenvalue weighted by Crippen LogP contribution is -2.22. The van der Waals surface area contributed by atoms with E-state index >= 15 is 0 Å². The molecule has 0 saturated carbocycles. The smallest absolute Gasteiger partial charge is 0.131 e. The molecular formula is C28H36NOP.